The van der Waals surface area contributed by atoms with Crippen LogP contribution in [0.15, 0.2) is 71.3 Å². The molecule has 2 heterocycles. The summed E-state index contributed by atoms with van der Waals surface area (Å²) in [5.41, 5.74) is 1.77. The van der Waals surface area contributed by atoms with Gasteiger partial charge in [-0.2, -0.15) is 0 Å². The van der Waals surface area contributed by atoms with Crippen molar-refractivity contribution in [2.45, 2.75) is 38.1 Å². The van der Waals surface area contributed by atoms with Crippen LogP contribution in [0.2, 0.25) is 0 Å². The summed E-state index contributed by atoms with van der Waals surface area (Å²) >= 11 is 0. The first kappa shape index (κ1) is 29.3. The minimum absolute atomic E-state index is 0.0574. The maximum Gasteiger partial charge on any atom is 0.303 e. The van der Waals surface area contributed by atoms with Crippen molar-refractivity contribution < 1.29 is 38.8 Å². The Morgan fingerprint density at radius 1 is 0.950 bits per heavy atom. The minimum atomic E-state index is -2.47. The van der Waals surface area contributed by atoms with E-state index in [-0.39, 0.29) is 25.1 Å². The molecule has 3 aromatic rings. The smallest absolute Gasteiger partial charge is 0.303 e. The second kappa shape index (κ2) is 14.1. The van der Waals surface area contributed by atoms with Gasteiger partial charge in [-0.05, 0) is 49.1 Å². The number of furan rings is 1. The van der Waals surface area contributed by atoms with Gasteiger partial charge >= 0.3 is 5.97 Å². The first-order valence-electron chi connectivity index (χ1n) is 13.5. The van der Waals surface area contributed by atoms with Gasteiger partial charge in [0.25, 0.3) is 11.8 Å². The molecule has 1 saturated heterocycles. The predicted octanol–water partition coefficient (Wildman–Crippen LogP) is 3.58. The van der Waals surface area contributed by atoms with E-state index in [0.717, 1.165) is 10.5 Å². The third-order valence-electron chi connectivity index (χ3n) is 6.73. The Balaban J connectivity index is 1.53. The number of rotatable bonds is 14. The molecule has 214 valence electrons. The molecule has 0 unspecified atom stereocenters. The van der Waals surface area contributed by atoms with E-state index >= 15 is 0 Å². The Hall–Kier alpha value is -3.70. The van der Waals surface area contributed by atoms with Crippen molar-refractivity contribution in [3.63, 3.8) is 0 Å². The quantitative estimate of drug-likeness (QED) is 0.203. The lowest BCUT2D eigenvalue weighted by molar-refractivity contribution is -0.259. The molecule has 2 aromatic carbocycles. The van der Waals surface area contributed by atoms with Gasteiger partial charge in [0.05, 0.1) is 44.7 Å². The normalized spacial score (nSPS) is 14.2. The number of morpholine rings is 1. The number of carbonyl (C=O) groups is 2. The van der Waals surface area contributed by atoms with E-state index in [0.29, 0.717) is 69.2 Å². The SMILES string of the molecule is O=C(O)CCCCCOc1ccccc1C(=O)N(Cc1ccc(-c2ccco2)cc1)C(O)(O)CN1CCOCC1. The zero-order chi connectivity index (χ0) is 28.4. The van der Waals surface area contributed by atoms with Crippen molar-refractivity contribution in [1.82, 2.24) is 9.80 Å². The van der Waals surface area contributed by atoms with Crippen LogP contribution >= 0.6 is 0 Å². The van der Waals surface area contributed by atoms with Gasteiger partial charge in [0.15, 0.2) is 0 Å². The molecule has 40 heavy (non-hydrogen) atoms. The first-order valence-corrected chi connectivity index (χ1v) is 13.5. The number of carbonyl (C=O) groups excluding carboxylic acids is 1. The zero-order valence-corrected chi connectivity index (χ0v) is 22.4. The minimum Gasteiger partial charge on any atom is -0.493 e. The van der Waals surface area contributed by atoms with Crippen molar-refractivity contribution in [1.29, 1.82) is 0 Å². The van der Waals surface area contributed by atoms with Crippen molar-refractivity contribution >= 4 is 11.9 Å². The number of hydrogen-bond donors (Lipinski definition) is 3. The van der Waals surface area contributed by atoms with E-state index in [1.54, 1.807) is 36.6 Å². The van der Waals surface area contributed by atoms with E-state index in [1.165, 1.54) is 0 Å². The average molecular weight is 553 g/mol. The van der Waals surface area contributed by atoms with Gasteiger partial charge in [0, 0.05) is 25.1 Å². The Labute approximate surface area is 233 Å². The molecule has 0 radical (unpaired) electrons. The Morgan fingerprint density at radius 2 is 1.70 bits per heavy atom. The molecule has 1 fully saturated rings. The van der Waals surface area contributed by atoms with Gasteiger partial charge in [0.1, 0.15) is 11.5 Å². The fraction of sp³-hybridized carbons (Fsp3) is 0.400. The number of nitrogens with zero attached hydrogens (tertiary/aromatic N) is 2. The number of para-hydroxylation sites is 1. The average Bonchev–Trinajstić information content (AvgIpc) is 3.49. The van der Waals surface area contributed by atoms with E-state index in [4.69, 9.17) is 19.0 Å². The summed E-state index contributed by atoms with van der Waals surface area (Å²) in [7, 11) is 0. The van der Waals surface area contributed by atoms with Crippen molar-refractivity contribution in [2.75, 3.05) is 39.5 Å². The summed E-state index contributed by atoms with van der Waals surface area (Å²) in [6, 6.07) is 17.7. The molecule has 0 bridgehead atoms. The Bertz CT molecular complexity index is 1220. The van der Waals surface area contributed by atoms with Gasteiger partial charge in [-0.25, -0.2) is 0 Å². The van der Waals surface area contributed by atoms with Crippen molar-refractivity contribution in [3.05, 3.63) is 78.1 Å². The van der Waals surface area contributed by atoms with Crippen LogP contribution in [0.3, 0.4) is 0 Å². The molecule has 3 N–H and O–H groups in total. The number of hydrogen-bond acceptors (Lipinski definition) is 8. The molecule has 0 aliphatic carbocycles. The van der Waals surface area contributed by atoms with Crippen LogP contribution in [0.1, 0.15) is 41.6 Å². The summed E-state index contributed by atoms with van der Waals surface area (Å²) in [6.07, 6.45) is 3.55. The zero-order valence-electron chi connectivity index (χ0n) is 22.4. The summed E-state index contributed by atoms with van der Waals surface area (Å²) in [5, 5.41) is 31.4. The molecule has 0 saturated carbocycles. The lowest BCUT2D eigenvalue weighted by atomic mass is 10.1. The van der Waals surface area contributed by atoms with Crippen molar-refractivity contribution in [3.8, 4) is 17.1 Å². The molecular formula is C30H36N2O8. The maximum atomic E-state index is 13.9. The van der Waals surface area contributed by atoms with Crippen LogP contribution in [0, 0.1) is 0 Å². The largest absolute Gasteiger partial charge is 0.493 e. The first-order chi connectivity index (χ1) is 19.3. The Kier molecular flexibility index (Phi) is 10.3. The summed E-state index contributed by atoms with van der Waals surface area (Å²) in [6.45, 7) is 2.06. The van der Waals surface area contributed by atoms with E-state index in [1.807, 2.05) is 35.2 Å². The summed E-state index contributed by atoms with van der Waals surface area (Å²) in [4.78, 5) is 27.5. The number of aliphatic hydroxyl groups is 2. The number of unbranched alkanes of at least 4 members (excludes halogenated alkanes) is 2. The number of β-amino-alcohol motifs (C(OH)–C–C–N with tert-alkyl or cyclic N) is 2. The molecule has 0 atom stereocenters. The van der Waals surface area contributed by atoms with Gasteiger partial charge < -0.3 is 29.2 Å². The number of benzene rings is 2. The molecular weight excluding hydrogens is 516 g/mol. The number of aliphatic carboxylic acids is 1. The van der Waals surface area contributed by atoms with Gasteiger partial charge in [-0.15, -0.1) is 0 Å². The second-order valence-electron chi connectivity index (χ2n) is 9.78. The van der Waals surface area contributed by atoms with Crippen LogP contribution in [0.25, 0.3) is 11.3 Å². The third kappa shape index (κ3) is 8.15. The van der Waals surface area contributed by atoms with Crippen LogP contribution in [-0.2, 0) is 16.1 Å². The Morgan fingerprint density at radius 3 is 2.40 bits per heavy atom. The van der Waals surface area contributed by atoms with Gasteiger partial charge in [0.2, 0.25) is 0 Å². The molecule has 1 aliphatic heterocycles. The van der Waals surface area contributed by atoms with Gasteiger partial charge in [-0.1, -0.05) is 36.4 Å². The molecule has 0 spiro atoms. The van der Waals surface area contributed by atoms with Crippen molar-refractivity contribution in [2.24, 2.45) is 0 Å². The standard InChI is InChI=1S/C30H36N2O8/c33-28(34)10-2-1-5-17-40-27-8-4-3-7-25(27)29(35)32(30(36,37)22-31-15-19-38-20-16-31)21-23-11-13-24(14-12-23)26-9-6-18-39-26/h3-4,6-9,11-14,18,36-37H,1-2,5,10,15-17,19-22H2,(H,33,34). The predicted molar refractivity (Wildman–Crippen MR) is 146 cm³/mol. The fourth-order valence-electron chi connectivity index (χ4n) is 4.56. The highest BCUT2D eigenvalue weighted by Gasteiger charge is 2.39. The third-order valence-corrected chi connectivity index (χ3v) is 6.73. The van der Waals surface area contributed by atoms with Crippen LogP contribution in [0.5, 0.6) is 5.75 Å². The van der Waals surface area contributed by atoms with E-state index in [2.05, 4.69) is 0 Å². The molecule has 1 amide bonds. The topological polar surface area (TPSA) is 133 Å². The number of amides is 1. The van der Waals surface area contributed by atoms with Gasteiger partial charge in [-0.3, -0.25) is 19.4 Å². The molecule has 4 rings (SSSR count). The number of ether oxygens (including phenoxy) is 2. The lowest BCUT2D eigenvalue weighted by Crippen LogP contribution is -2.59. The number of carboxylic acid groups (broad SMARTS) is 1. The van der Waals surface area contributed by atoms with Crippen LogP contribution < -0.4 is 4.74 Å². The van der Waals surface area contributed by atoms with E-state index < -0.39 is 17.8 Å². The highest BCUT2D eigenvalue weighted by Crippen LogP contribution is 2.27. The second-order valence-corrected chi connectivity index (χ2v) is 9.78. The highest BCUT2D eigenvalue weighted by atomic mass is 16.5. The van der Waals surface area contributed by atoms with Crippen LogP contribution in [-0.4, -0.2) is 82.4 Å². The molecule has 1 aromatic heterocycles. The molecule has 1 aliphatic rings. The molecule has 10 nitrogen and oxygen atoms in total. The van der Waals surface area contributed by atoms with Crippen LogP contribution in [0.4, 0.5) is 0 Å². The molecule has 10 heteroatoms. The lowest BCUT2D eigenvalue weighted by Gasteiger charge is -2.39. The highest BCUT2D eigenvalue weighted by molar-refractivity contribution is 5.97. The summed E-state index contributed by atoms with van der Waals surface area (Å²) < 4.78 is 16.7. The van der Waals surface area contributed by atoms with E-state index in [9.17, 15) is 19.8 Å². The fourth-order valence-corrected chi connectivity index (χ4v) is 4.56. The number of carboxylic acids is 1. The monoisotopic (exact) mass is 552 g/mol. The summed E-state index contributed by atoms with van der Waals surface area (Å²) in [5.74, 6) is -2.86. The maximum absolute atomic E-state index is 13.9.